The van der Waals surface area contributed by atoms with Crippen molar-refractivity contribution in [1.29, 1.82) is 0 Å². The van der Waals surface area contributed by atoms with Gasteiger partial charge in [0.2, 0.25) is 0 Å². The van der Waals surface area contributed by atoms with E-state index in [4.69, 9.17) is 0 Å². The van der Waals surface area contributed by atoms with Crippen molar-refractivity contribution >= 4 is 75.3 Å². The van der Waals surface area contributed by atoms with E-state index in [2.05, 4.69) is 63.7 Å². The zero-order chi connectivity index (χ0) is 18.1. The Balaban J connectivity index is 2.40. The van der Waals surface area contributed by atoms with Crippen LogP contribution in [0.2, 0.25) is 0 Å². The van der Waals surface area contributed by atoms with Gasteiger partial charge in [-0.3, -0.25) is 9.59 Å². The standard InChI is InChI=1S/C14H2Br4F4O2/c15-5-1-2(6(16)10(20)9(5)19)14(24)4-3(13(1)23)7(17)11(21)12(22)8(4)18/h1-2H. The van der Waals surface area contributed by atoms with Gasteiger partial charge in [0.05, 0.1) is 20.8 Å². The highest BCUT2D eigenvalue weighted by atomic mass is 79.9. The lowest BCUT2D eigenvalue weighted by atomic mass is 9.72. The summed E-state index contributed by atoms with van der Waals surface area (Å²) < 4.78 is 53.7. The summed E-state index contributed by atoms with van der Waals surface area (Å²) in [7, 11) is 0. The van der Waals surface area contributed by atoms with Crippen LogP contribution in [0.5, 0.6) is 0 Å². The molecule has 126 valence electrons. The van der Waals surface area contributed by atoms with Crippen LogP contribution in [0.15, 0.2) is 29.6 Å². The highest BCUT2D eigenvalue weighted by Gasteiger charge is 2.51. The van der Waals surface area contributed by atoms with Crippen LogP contribution in [0, 0.1) is 23.5 Å². The van der Waals surface area contributed by atoms with Crippen molar-refractivity contribution in [3.63, 3.8) is 0 Å². The molecule has 0 saturated heterocycles. The van der Waals surface area contributed by atoms with Crippen LogP contribution >= 0.6 is 63.7 Å². The Bertz CT molecular complexity index is 834. The number of hydrogen-bond acceptors (Lipinski definition) is 2. The molecule has 0 bridgehead atoms. The summed E-state index contributed by atoms with van der Waals surface area (Å²) in [5, 5.41) is 0. The van der Waals surface area contributed by atoms with Gasteiger partial charge < -0.3 is 0 Å². The molecule has 24 heavy (non-hydrogen) atoms. The molecule has 2 aliphatic carbocycles. The normalized spacial score (nSPS) is 23.7. The molecule has 0 heterocycles. The molecule has 2 unspecified atom stereocenters. The van der Waals surface area contributed by atoms with Gasteiger partial charge in [0.15, 0.2) is 34.9 Å². The van der Waals surface area contributed by atoms with Gasteiger partial charge in [-0.2, -0.15) is 0 Å². The molecule has 1 aromatic rings. The number of hydrogen-bond donors (Lipinski definition) is 0. The van der Waals surface area contributed by atoms with Crippen LogP contribution in [-0.4, -0.2) is 11.6 Å². The highest BCUT2D eigenvalue weighted by molar-refractivity contribution is 9.12. The third kappa shape index (κ3) is 2.29. The van der Waals surface area contributed by atoms with Crippen LogP contribution < -0.4 is 0 Å². The average Bonchev–Trinajstić information content (AvgIpc) is 2.55. The first-order valence-electron chi connectivity index (χ1n) is 6.16. The van der Waals surface area contributed by atoms with Crippen molar-refractivity contribution in [3.8, 4) is 0 Å². The van der Waals surface area contributed by atoms with Crippen molar-refractivity contribution in [2.45, 2.75) is 0 Å². The van der Waals surface area contributed by atoms with E-state index in [0.29, 0.717) is 0 Å². The van der Waals surface area contributed by atoms with E-state index in [9.17, 15) is 27.2 Å². The molecule has 1 aromatic carbocycles. The first kappa shape index (κ1) is 18.5. The molecule has 0 spiro atoms. The highest BCUT2D eigenvalue weighted by Crippen LogP contribution is 2.52. The molecule has 0 aliphatic heterocycles. The summed E-state index contributed by atoms with van der Waals surface area (Å²) in [6.07, 6.45) is 0. The first-order valence-corrected chi connectivity index (χ1v) is 9.33. The molecule has 0 saturated carbocycles. The number of halogens is 8. The van der Waals surface area contributed by atoms with Crippen molar-refractivity contribution in [1.82, 2.24) is 0 Å². The van der Waals surface area contributed by atoms with Gasteiger partial charge in [0.1, 0.15) is 0 Å². The maximum Gasteiger partial charge on any atom is 0.174 e. The molecule has 0 radical (unpaired) electrons. The Morgan fingerprint density at radius 3 is 1.21 bits per heavy atom. The van der Waals surface area contributed by atoms with Crippen molar-refractivity contribution in [2.75, 3.05) is 0 Å². The molecule has 2 atom stereocenters. The van der Waals surface area contributed by atoms with Gasteiger partial charge in [-0.1, -0.05) is 31.9 Å². The Morgan fingerprint density at radius 1 is 0.625 bits per heavy atom. The van der Waals surface area contributed by atoms with Gasteiger partial charge >= 0.3 is 0 Å². The molecule has 2 aliphatic rings. The lowest BCUT2D eigenvalue weighted by molar-refractivity contribution is 0.0790. The lowest BCUT2D eigenvalue weighted by Crippen LogP contribution is -2.40. The van der Waals surface area contributed by atoms with Crippen LogP contribution in [0.3, 0.4) is 0 Å². The second kappa shape index (κ2) is 6.14. The Labute approximate surface area is 165 Å². The molecule has 0 fully saturated rings. The molecule has 0 N–H and O–H groups in total. The topological polar surface area (TPSA) is 34.1 Å². The fraction of sp³-hybridized carbons (Fsp3) is 0.143. The quantitative estimate of drug-likeness (QED) is 0.201. The van der Waals surface area contributed by atoms with Crippen molar-refractivity contribution < 1.29 is 27.2 Å². The van der Waals surface area contributed by atoms with Crippen LogP contribution in [0.4, 0.5) is 17.6 Å². The molecule has 10 heteroatoms. The zero-order valence-electron chi connectivity index (χ0n) is 11.0. The molecular weight excluding hydrogens is 596 g/mol. The maximum atomic E-state index is 13.9. The predicted molar refractivity (Wildman–Crippen MR) is 91.5 cm³/mol. The minimum Gasteiger partial charge on any atom is -0.293 e. The second-order valence-electron chi connectivity index (χ2n) is 5.01. The van der Waals surface area contributed by atoms with Gasteiger partial charge in [0.25, 0.3) is 0 Å². The van der Waals surface area contributed by atoms with Gasteiger partial charge in [0, 0.05) is 20.1 Å². The molecule has 3 rings (SSSR count). The smallest absolute Gasteiger partial charge is 0.174 e. The lowest BCUT2D eigenvalue weighted by Gasteiger charge is -2.34. The zero-order valence-corrected chi connectivity index (χ0v) is 17.3. The van der Waals surface area contributed by atoms with Gasteiger partial charge in [-0.25, -0.2) is 17.6 Å². The number of allylic oxidation sites excluding steroid dienone is 4. The number of carbonyl (C=O) groups excluding carboxylic acids is 2. The van der Waals surface area contributed by atoms with E-state index < -0.39 is 75.7 Å². The van der Waals surface area contributed by atoms with E-state index in [1.54, 1.807) is 0 Å². The third-order valence-electron chi connectivity index (χ3n) is 3.82. The number of ketones is 2. The minimum absolute atomic E-state index is 0.417. The van der Waals surface area contributed by atoms with E-state index >= 15 is 0 Å². The molecule has 2 nitrogen and oxygen atoms in total. The Morgan fingerprint density at radius 2 is 0.917 bits per heavy atom. The summed E-state index contributed by atoms with van der Waals surface area (Å²) >= 11 is 11.1. The molecule has 0 aromatic heterocycles. The van der Waals surface area contributed by atoms with Gasteiger partial charge in [-0.05, 0) is 31.9 Å². The van der Waals surface area contributed by atoms with Crippen molar-refractivity contribution in [3.05, 3.63) is 52.3 Å². The van der Waals surface area contributed by atoms with E-state index in [0.717, 1.165) is 0 Å². The third-order valence-corrected chi connectivity index (χ3v) is 6.99. The average molecular weight is 598 g/mol. The van der Waals surface area contributed by atoms with Crippen LogP contribution in [-0.2, 0) is 0 Å². The fourth-order valence-corrected chi connectivity index (χ4v) is 5.14. The molecule has 0 amide bonds. The van der Waals surface area contributed by atoms with Crippen LogP contribution in [0.25, 0.3) is 0 Å². The number of Topliss-reactive ketones (excluding diaryl/α,β-unsaturated/α-hetero) is 2. The summed E-state index contributed by atoms with van der Waals surface area (Å²) in [6.45, 7) is 0. The summed E-state index contributed by atoms with van der Waals surface area (Å²) in [4.78, 5) is 25.5. The van der Waals surface area contributed by atoms with E-state index in [-0.39, 0.29) is 0 Å². The summed E-state index contributed by atoms with van der Waals surface area (Å²) in [6, 6.07) is 0. The van der Waals surface area contributed by atoms with Crippen LogP contribution in [0.1, 0.15) is 20.7 Å². The Hall–Kier alpha value is -0.320. The summed E-state index contributed by atoms with van der Waals surface area (Å²) in [5.74, 6) is -9.88. The SMILES string of the molecule is O=C1c2c(Br)c(F)c(F)c(Br)c2C(=O)C2C(Br)=C(F)C(F)=C(Br)C12. The maximum absolute atomic E-state index is 13.9. The van der Waals surface area contributed by atoms with Crippen molar-refractivity contribution in [2.24, 2.45) is 11.8 Å². The summed E-state index contributed by atoms with van der Waals surface area (Å²) in [5.41, 5.74) is -0.834. The molecular formula is C14H2Br4F4O2. The van der Waals surface area contributed by atoms with E-state index in [1.165, 1.54) is 0 Å². The number of rotatable bonds is 0. The fourth-order valence-electron chi connectivity index (χ4n) is 2.71. The van der Waals surface area contributed by atoms with Gasteiger partial charge in [-0.15, -0.1) is 0 Å². The number of carbonyl (C=O) groups is 2. The Kier molecular flexibility index (Phi) is 4.72. The monoisotopic (exact) mass is 594 g/mol. The second-order valence-corrected chi connectivity index (χ2v) is 8.31. The predicted octanol–water partition coefficient (Wildman–Crippen LogP) is 6.27. The first-order chi connectivity index (χ1) is 11.1. The van der Waals surface area contributed by atoms with E-state index in [1.807, 2.05) is 0 Å². The number of fused-ring (bicyclic) bond motifs is 2. The largest absolute Gasteiger partial charge is 0.293 e. The minimum atomic E-state index is -1.41. The number of benzene rings is 1.